The Hall–Kier alpha value is -0.740. The minimum atomic E-state index is -0.583. The molecule has 1 heterocycles. The van der Waals surface area contributed by atoms with E-state index in [9.17, 15) is 4.79 Å². The normalized spacial score (nSPS) is 10.9. The molecule has 0 fully saturated rings. The molecule has 0 spiro atoms. The summed E-state index contributed by atoms with van der Waals surface area (Å²) in [6, 6.07) is -0.583. The predicted molar refractivity (Wildman–Crippen MR) is 104 cm³/mol. The van der Waals surface area contributed by atoms with Crippen molar-refractivity contribution in [2.45, 2.75) is 12.3 Å². The van der Waals surface area contributed by atoms with E-state index >= 15 is 0 Å². The summed E-state index contributed by atoms with van der Waals surface area (Å²) in [6.45, 7) is 1.30. The summed E-state index contributed by atoms with van der Waals surface area (Å²) in [5.41, 5.74) is 11.9. The van der Waals surface area contributed by atoms with Crippen molar-refractivity contribution in [2.24, 2.45) is 16.5 Å². The molecule has 11 heteroatoms. The van der Waals surface area contributed by atoms with Crippen LogP contribution in [0.2, 0.25) is 0 Å². The Labute approximate surface area is 157 Å². The summed E-state index contributed by atoms with van der Waals surface area (Å²) in [5, 5.41) is 3.18. The molecule has 0 unspecified atom stereocenters. The van der Waals surface area contributed by atoms with E-state index in [1.165, 1.54) is 11.9 Å². The Balaban J connectivity index is 0. The highest BCUT2D eigenvalue weighted by Gasteiger charge is 2.13. The van der Waals surface area contributed by atoms with Gasteiger partial charge in [-0.05, 0) is 14.1 Å². The molecule has 7 nitrogen and oxygen atoms in total. The van der Waals surface area contributed by atoms with Crippen LogP contribution in [0.15, 0.2) is 10.4 Å². The van der Waals surface area contributed by atoms with Gasteiger partial charge in [0, 0.05) is 37.0 Å². The van der Waals surface area contributed by atoms with Crippen LogP contribution < -0.4 is 11.5 Å². The third-order valence-electron chi connectivity index (χ3n) is 2.53. The van der Waals surface area contributed by atoms with Gasteiger partial charge in [-0.15, -0.1) is 36.2 Å². The second-order valence-corrected chi connectivity index (χ2v) is 6.64. The quantitative estimate of drug-likeness (QED) is 0.409. The first-order valence-electron chi connectivity index (χ1n) is 6.39. The molecule has 0 aromatic carbocycles. The molecule has 0 aliphatic carbocycles. The van der Waals surface area contributed by atoms with Gasteiger partial charge in [0.25, 0.3) is 0 Å². The first-order valence-corrected chi connectivity index (χ1v) is 8.42. The number of primary amides is 1. The van der Waals surface area contributed by atoms with Gasteiger partial charge in [-0.2, -0.15) is 11.8 Å². The highest BCUT2D eigenvalue weighted by atomic mass is 35.5. The summed E-state index contributed by atoms with van der Waals surface area (Å²) in [6.07, 6.45) is 0. The molecule has 1 aromatic heterocycles. The molecular formula is C12H24Cl2N6OS2. The van der Waals surface area contributed by atoms with Crippen LogP contribution >= 0.6 is 47.9 Å². The number of aromatic nitrogens is 1. The van der Waals surface area contributed by atoms with Gasteiger partial charge in [-0.25, -0.2) is 9.78 Å². The van der Waals surface area contributed by atoms with Crippen molar-refractivity contribution in [3.05, 3.63) is 16.1 Å². The smallest absolute Gasteiger partial charge is 0.321 e. The number of amides is 2. The number of rotatable bonds is 7. The first kappa shape index (κ1) is 24.5. The van der Waals surface area contributed by atoms with Crippen LogP contribution in [0.3, 0.4) is 0 Å². The molecule has 0 atom stereocenters. The summed E-state index contributed by atoms with van der Waals surface area (Å²) in [4.78, 5) is 22.9. The minimum Gasteiger partial charge on any atom is -0.369 e. The molecule has 134 valence electrons. The maximum absolute atomic E-state index is 11.2. The number of nitrogens with two attached hydrogens (primary N) is 2. The molecule has 0 bridgehead atoms. The largest absolute Gasteiger partial charge is 0.369 e. The summed E-state index contributed by atoms with van der Waals surface area (Å²) < 4.78 is 0. The number of nitrogens with zero attached hydrogens (tertiary/aromatic N) is 4. The lowest BCUT2D eigenvalue weighted by molar-refractivity contribution is 0.231. The van der Waals surface area contributed by atoms with E-state index in [-0.39, 0.29) is 30.8 Å². The van der Waals surface area contributed by atoms with E-state index in [4.69, 9.17) is 11.5 Å². The molecule has 0 saturated heterocycles. The third kappa shape index (κ3) is 9.21. The topological polar surface area (TPSA) is 101 Å². The maximum atomic E-state index is 11.2. The van der Waals surface area contributed by atoms with Crippen molar-refractivity contribution in [1.82, 2.24) is 14.8 Å². The number of carbonyl (C=O) groups is 1. The molecule has 1 aromatic rings. The van der Waals surface area contributed by atoms with Gasteiger partial charge in [0.05, 0.1) is 5.69 Å². The highest BCUT2D eigenvalue weighted by Crippen LogP contribution is 2.16. The molecule has 23 heavy (non-hydrogen) atoms. The molecule has 1 rings (SSSR count). The fraction of sp³-hybridized carbons (Fsp3) is 0.583. The van der Waals surface area contributed by atoms with Gasteiger partial charge in [0.2, 0.25) is 0 Å². The molecule has 2 amide bonds. The second-order valence-electron chi connectivity index (χ2n) is 4.59. The van der Waals surface area contributed by atoms with E-state index in [1.807, 2.05) is 14.1 Å². The van der Waals surface area contributed by atoms with Crippen LogP contribution in [0.5, 0.6) is 0 Å². The van der Waals surface area contributed by atoms with Gasteiger partial charge < -0.3 is 16.4 Å². The van der Waals surface area contributed by atoms with E-state index < -0.39 is 6.03 Å². The Morgan fingerprint density at radius 3 is 2.57 bits per heavy atom. The van der Waals surface area contributed by atoms with Crippen molar-refractivity contribution in [3.63, 3.8) is 0 Å². The Morgan fingerprint density at radius 1 is 1.39 bits per heavy atom. The number of urea groups is 1. The second kappa shape index (κ2) is 12.7. The van der Waals surface area contributed by atoms with E-state index in [1.54, 1.807) is 23.1 Å². The Bertz CT molecular complexity index is 498. The van der Waals surface area contributed by atoms with E-state index in [2.05, 4.69) is 20.3 Å². The van der Waals surface area contributed by atoms with E-state index in [0.29, 0.717) is 6.54 Å². The van der Waals surface area contributed by atoms with Crippen LogP contribution in [0.1, 0.15) is 10.7 Å². The number of hydrogen-bond donors (Lipinski definition) is 2. The van der Waals surface area contributed by atoms with Gasteiger partial charge in [0.1, 0.15) is 5.01 Å². The highest BCUT2D eigenvalue weighted by molar-refractivity contribution is 7.98. The van der Waals surface area contributed by atoms with Gasteiger partial charge >= 0.3 is 6.03 Å². The minimum absolute atomic E-state index is 0. The predicted octanol–water partition coefficient (Wildman–Crippen LogP) is 1.61. The average molecular weight is 403 g/mol. The fourth-order valence-corrected chi connectivity index (χ4v) is 3.38. The molecule has 0 saturated carbocycles. The average Bonchev–Trinajstić information content (AvgIpc) is 2.84. The lowest BCUT2D eigenvalue weighted by Gasteiger charge is -2.18. The van der Waals surface area contributed by atoms with Crippen LogP contribution in [0.4, 0.5) is 4.79 Å². The molecule has 4 N–H and O–H groups in total. The zero-order chi connectivity index (χ0) is 15.8. The number of halogens is 2. The Morgan fingerprint density at radius 2 is 2.04 bits per heavy atom. The number of thioether (sulfide) groups is 1. The van der Waals surface area contributed by atoms with Crippen LogP contribution in [-0.2, 0) is 12.3 Å². The molecular weight excluding hydrogens is 379 g/mol. The zero-order valence-electron chi connectivity index (χ0n) is 13.4. The van der Waals surface area contributed by atoms with Crippen LogP contribution in [0, 0.1) is 0 Å². The molecule has 0 aliphatic heterocycles. The van der Waals surface area contributed by atoms with Gasteiger partial charge in [-0.3, -0.25) is 9.89 Å². The Kier molecular flexibility index (Phi) is 13.5. The number of carbonyl (C=O) groups excluding carboxylic acids is 1. The SMILES string of the molecule is CN=C(N)N(CCSCc1csc(CN(C)C)n1)C(N)=O.Cl.Cl. The monoisotopic (exact) mass is 402 g/mol. The van der Waals surface area contributed by atoms with Crippen molar-refractivity contribution < 1.29 is 4.79 Å². The van der Waals surface area contributed by atoms with Crippen LogP contribution in [-0.4, -0.2) is 60.2 Å². The molecule has 0 radical (unpaired) electrons. The van der Waals surface area contributed by atoms with Crippen molar-refractivity contribution in [2.75, 3.05) is 33.4 Å². The number of aliphatic imine (C=N–C) groups is 1. The fourth-order valence-electron chi connectivity index (χ4n) is 1.55. The number of guanidine groups is 1. The summed E-state index contributed by atoms with van der Waals surface area (Å²) in [7, 11) is 5.57. The number of hydrogen-bond acceptors (Lipinski definition) is 6. The standard InChI is InChI=1S/C12H22N6OS2.2ClH/c1-15-11(13)18(12(14)19)4-5-20-7-9-8-21-10(16-9)6-17(2)3;;/h8H,4-7H2,1-3H3,(H2,13,15)(H2,14,19);2*1H. The lowest BCUT2D eigenvalue weighted by atomic mass is 10.5. The third-order valence-corrected chi connectivity index (χ3v) is 4.39. The van der Waals surface area contributed by atoms with Gasteiger partial charge in [-0.1, -0.05) is 0 Å². The van der Waals surface area contributed by atoms with E-state index in [0.717, 1.165) is 28.8 Å². The lowest BCUT2D eigenvalue weighted by Crippen LogP contribution is -2.46. The van der Waals surface area contributed by atoms with Crippen molar-refractivity contribution in [3.8, 4) is 0 Å². The summed E-state index contributed by atoms with van der Waals surface area (Å²) >= 11 is 3.35. The van der Waals surface area contributed by atoms with Crippen molar-refractivity contribution in [1.29, 1.82) is 0 Å². The molecule has 0 aliphatic rings. The zero-order valence-corrected chi connectivity index (χ0v) is 16.7. The maximum Gasteiger partial charge on any atom is 0.321 e. The van der Waals surface area contributed by atoms with Gasteiger partial charge in [0.15, 0.2) is 5.96 Å². The van der Waals surface area contributed by atoms with Crippen LogP contribution in [0.25, 0.3) is 0 Å². The first-order chi connectivity index (χ1) is 9.93. The van der Waals surface area contributed by atoms with Crippen molar-refractivity contribution >= 4 is 59.9 Å². The summed E-state index contributed by atoms with van der Waals surface area (Å²) in [5.74, 6) is 1.67. The number of thiazole rings is 1.